The number of hydrogen-bond acceptors (Lipinski definition) is 3. The molecule has 1 heterocycles. The monoisotopic (exact) mass is 266 g/mol. The van der Waals surface area contributed by atoms with Crippen LogP contribution in [0.3, 0.4) is 0 Å². The number of nitrogens with two attached hydrogens (primary N) is 1. The Labute approximate surface area is 114 Å². The standard InChI is InChI=1S/C15H23FN2O/c1-11(17)12-6-7-15(14(16)9-12)18-8-4-2-3-5-13(18)10-19/h6-7,9,11,13,19H,2-5,8,10,17H2,1H3. The summed E-state index contributed by atoms with van der Waals surface area (Å²) in [4.78, 5) is 2.01. The van der Waals surface area contributed by atoms with Gasteiger partial charge in [-0.25, -0.2) is 4.39 Å². The maximum absolute atomic E-state index is 14.3. The van der Waals surface area contributed by atoms with Gasteiger partial charge in [-0.3, -0.25) is 0 Å². The third kappa shape index (κ3) is 3.25. The average Bonchev–Trinajstić information content (AvgIpc) is 2.63. The van der Waals surface area contributed by atoms with Crippen molar-refractivity contribution in [1.29, 1.82) is 0 Å². The third-order valence-corrected chi connectivity index (χ3v) is 3.89. The molecule has 0 bridgehead atoms. The molecule has 4 heteroatoms. The molecule has 3 N–H and O–H groups in total. The van der Waals surface area contributed by atoms with Crippen molar-refractivity contribution in [2.75, 3.05) is 18.1 Å². The summed E-state index contributed by atoms with van der Waals surface area (Å²) in [5.74, 6) is -0.241. The predicted molar refractivity (Wildman–Crippen MR) is 75.7 cm³/mol. The molecule has 1 aromatic rings. The molecule has 19 heavy (non-hydrogen) atoms. The van der Waals surface area contributed by atoms with E-state index in [-0.39, 0.29) is 24.5 Å². The normalized spacial score (nSPS) is 22.1. The van der Waals surface area contributed by atoms with Gasteiger partial charge in [0.05, 0.1) is 18.3 Å². The molecule has 106 valence electrons. The molecule has 0 amide bonds. The zero-order valence-corrected chi connectivity index (χ0v) is 11.5. The SMILES string of the molecule is CC(N)c1ccc(N2CCCCCC2CO)c(F)c1. The molecule has 0 aromatic heterocycles. The lowest BCUT2D eigenvalue weighted by Gasteiger charge is -2.31. The Hall–Kier alpha value is -1.13. The number of anilines is 1. The minimum Gasteiger partial charge on any atom is -0.394 e. The molecule has 2 atom stereocenters. The highest BCUT2D eigenvalue weighted by atomic mass is 19.1. The van der Waals surface area contributed by atoms with Crippen LogP contribution in [-0.4, -0.2) is 24.3 Å². The van der Waals surface area contributed by atoms with Crippen molar-refractivity contribution in [3.8, 4) is 0 Å². The van der Waals surface area contributed by atoms with Crippen LogP contribution in [0, 0.1) is 5.82 Å². The molecular weight excluding hydrogens is 243 g/mol. The lowest BCUT2D eigenvalue weighted by molar-refractivity contribution is 0.254. The van der Waals surface area contributed by atoms with E-state index in [0.717, 1.165) is 37.8 Å². The Balaban J connectivity index is 2.28. The summed E-state index contributed by atoms with van der Waals surface area (Å²) in [6.45, 7) is 2.73. The van der Waals surface area contributed by atoms with Gasteiger partial charge in [0.25, 0.3) is 0 Å². The lowest BCUT2D eigenvalue weighted by Crippen LogP contribution is -2.38. The summed E-state index contributed by atoms with van der Waals surface area (Å²) < 4.78 is 14.3. The van der Waals surface area contributed by atoms with Gasteiger partial charge in [0.1, 0.15) is 5.82 Å². The Morgan fingerprint density at radius 3 is 2.84 bits per heavy atom. The van der Waals surface area contributed by atoms with Crippen LogP contribution < -0.4 is 10.6 Å². The summed E-state index contributed by atoms with van der Waals surface area (Å²) >= 11 is 0. The van der Waals surface area contributed by atoms with E-state index < -0.39 is 0 Å². The van der Waals surface area contributed by atoms with Crippen molar-refractivity contribution in [3.05, 3.63) is 29.6 Å². The maximum Gasteiger partial charge on any atom is 0.146 e. The second kappa shape index (κ2) is 6.35. The molecule has 0 aliphatic carbocycles. The summed E-state index contributed by atoms with van der Waals surface area (Å²) in [7, 11) is 0. The first kappa shape index (κ1) is 14.3. The summed E-state index contributed by atoms with van der Waals surface area (Å²) in [6.07, 6.45) is 4.21. The van der Waals surface area contributed by atoms with Crippen LogP contribution in [0.25, 0.3) is 0 Å². The number of aliphatic hydroxyl groups excluding tert-OH is 1. The zero-order valence-electron chi connectivity index (χ0n) is 11.5. The molecule has 0 radical (unpaired) electrons. The minimum absolute atomic E-state index is 0.0261. The second-order valence-corrected chi connectivity index (χ2v) is 5.38. The van der Waals surface area contributed by atoms with Gasteiger partial charge in [-0.1, -0.05) is 18.9 Å². The summed E-state index contributed by atoms with van der Waals surface area (Å²) in [5, 5.41) is 9.50. The second-order valence-electron chi connectivity index (χ2n) is 5.38. The van der Waals surface area contributed by atoms with E-state index in [1.165, 1.54) is 6.07 Å². The highest BCUT2D eigenvalue weighted by Crippen LogP contribution is 2.28. The van der Waals surface area contributed by atoms with Crippen molar-refractivity contribution in [3.63, 3.8) is 0 Å². The first-order valence-corrected chi connectivity index (χ1v) is 7.06. The number of hydrogen-bond donors (Lipinski definition) is 2. The predicted octanol–water partition coefficient (Wildman–Crippen LogP) is 2.59. The smallest absolute Gasteiger partial charge is 0.146 e. The fourth-order valence-corrected chi connectivity index (χ4v) is 2.72. The number of aliphatic hydroxyl groups is 1. The topological polar surface area (TPSA) is 49.5 Å². The van der Waals surface area contributed by atoms with Crippen molar-refractivity contribution in [2.45, 2.75) is 44.7 Å². The molecular formula is C15H23FN2O. The van der Waals surface area contributed by atoms with Gasteiger partial charge >= 0.3 is 0 Å². The van der Waals surface area contributed by atoms with Crippen LogP contribution in [0.15, 0.2) is 18.2 Å². The van der Waals surface area contributed by atoms with Crippen LogP contribution in [0.1, 0.15) is 44.2 Å². The van der Waals surface area contributed by atoms with Crippen molar-refractivity contribution in [2.24, 2.45) is 5.73 Å². The van der Waals surface area contributed by atoms with Crippen molar-refractivity contribution in [1.82, 2.24) is 0 Å². The van der Waals surface area contributed by atoms with E-state index in [1.54, 1.807) is 6.07 Å². The van der Waals surface area contributed by atoms with E-state index >= 15 is 0 Å². The zero-order chi connectivity index (χ0) is 13.8. The summed E-state index contributed by atoms with van der Waals surface area (Å²) in [5.41, 5.74) is 7.16. The molecule has 0 spiro atoms. The molecule has 1 aliphatic rings. The Morgan fingerprint density at radius 1 is 1.42 bits per heavy atom. The van der Waals surface area contributed by atoms with E-state index in [0.29, 0.717) is 5.69 Å². The molecule has 1 saturated heterocycles. The first-order valence-electron chi connectivity index (χ1n) is 7.06. The van der Waals surface area contributed by atoms with Gasteiger partial charge in [0.15, 0.2) is 0 Å². The highest BCUT2D eigenvalue weighted by molar-refractivity contribution is 5.50. The number of rotatable bonds is 3. The fourth-order valence-electron chi connectivity index (χ4n) is 2.72. The molecule has 2 unspecified atom stereocenters. The largest absolute Gasteiger partial charge is 0.394 e. The van der Waals surface area contributed by atoms with Crippen molar-refractivity contribution >= 4 is 5.69 Å². The molecule has 1 fully saturated rings. The van der Waals surface area contributed by atoms with Gasteiger partial charge < -0.3 is 15.7 Å². The quantitative estimate of drug-likeness (QED) is 0.884. The van der Waals surface area contributed by atoms with Gasteiger partial charge in [-0.05, 0) is 37.5 Å². The van der Waals surface area contributed by atoms with Gasteiger partial charge in [-0.2, -0.15) is 0 Å². The summed E-state index contributed by atoms with van der Waals surface area (Å²) in [6, 6.07) is 5.04. The van der Waals surface area contributed by atoms with Crippen LogP contribution >= 0.6 is 0 Å². The Kier molecular flexibility index (Phi) is 4.77. The van der Waals surface area contributed by atoms with E-state index in [2.05, 4.69) is 0 Å². The molecule has 0 saturated carbocycles. The molecule has 2 rings (SSSR count). The van der Waals surface area contributed by atoms with E-state index in [4.69, 9.17) is 5.73 Å². The maximum atomic E-state index is 14.3. The average molecular weight is 266 g/mol. The minimum atomic E-state index is -0.241. The third-order valence-electron chi connectivity index (χ3n) is 3.89. The van der Waals surface area contributed by atoms with Crippen LogP contribution in [0.4, 0.5) is 10.1 Å². The molecule has 3 nitrogen and oxygen atoms in total. The number of benzene rings is 1. The van der Waals surface area contributed by atoms with Crippen molar-refractivity contribution < 1.29 is 9.50 Å². The van der Waals surface area contributed by atoms with E-state index in [9.17, 15) is 9.50 Å². The number of nitrogens with zero attached hydrogens (tertiary/aromatic N) is 1. The fraction of sp³-hybridized carbons (Fsp3) is 0.600. The number of halogens is 1. The van der Waals surface area contributed by atoms with Crippen LogP contribution in [0.5, 0.6) is 0 Å². The van der Waals surface area contributed by atoms with Crippen LogP contribution in [-0.2, 0) is 0 Å². The Morgan fingerprint density at radius 2 is 2.21 bits per heavy atom. The van der Waals surface area contributed by atoms with E-state index in [1.807, 2.05) is 17.9 Å². The van der Waals surface area contributed by atoms with Gasteiger partial charge in [-0.15, -0.1) is 0 Å². The first-order chi connectivity index (χ1) is 9.13. The highest BCUT2D eigenvalue weighted by Gasteiger charge is 2.23. The van der Waals surface area contributed by atoms with Gasteiger partial charge in [0, 0.05) is 12.6 Å². The van der Waals surface area contributed by atoms with Crippen LogP contribution in [0.2, 0.25) is 0 Å². The molecule has 1 aliphatic heterocycles. The van der Waals surface area contributed by atoms with Gasteiger partial charge in [0.2, 0.25) is 0 Å². The Bertz CT molecular complexity index is 423. The molecule has 1 aromatic carbocycles. The lowest BCUT2D eigenvalue weighted by atomic mass is 10.1.